The van der Waals surface area contributed by atoms with Gasteiger partial charge in [-0.3, -0.25) is 4.79 Å². The first-order valence-electron chi connectivity index (χ1n) is 10.00. The van der Waals surface area contributed by atoms with Gasteiger partial charge in [0, 0.05) is 18.8 Å². The predicted molar refractivity (Wildman–Crippen MR) is 118 cm³/mol. The van der Waals surface area contributed by atoms with Crippen LogP contribution in [-0.2, 0) is 19.6 Å². The quantitative estimate of drug-likeness (QED) is 0.480. The SMILES string of the molecule is Nc1cc(F)ccc1C(=O)OCC(=O)Nc1cc(S(=O)(=O)N2CCCCCC2)ccc1Cl. The molecule has 0 aromatic heterocycles. The number of nitrogens with two attached hydrogens (primary N) is 1. The largest absolute Gasteiger partial charge is 0.452 e. The molecule has 1 aliphatic heterocycles. The Hall–Kier alpha value is -2.69. The summed E-state index contributed by atoms with van der Waals surface area (Å²) in [5, 5.41) is 2.57. The number of halogens is 2. The number of esters is 1. The highest BCUT2D eigenvalue weighted by molar-refractivity contribution is 7.89. The van der Waals surface area contributed by atoms with Gasteiger partial charge in [-0.25, -0.2) is 17.6 Å². The van der Waals surface area contributed by atoms with Gasteiger partial charge in [-0.05, 0) is 49.2 Å². The number of carbonyl (C=O) groups excluding carboxylic acids is 2. The summed E-state index contributed by atoms with van der Waals surface area (Å²) in [5.41, 5.74) is 5.45. The summed E-state index contributed by atoms with van der Waals surface area (Å²) in [6.45, 7) is 0.208. The van der Waals surface area contributed by atoms with Crippen LogP contribution in [0.15, 0.2) is 41.3 Å². The highest BCUT2D eigenvalue weighted by Gasteiger charge is 2.26. The third kappa shape index (κ3) is 5.76. The molecular formula is C21H23ClFN3O5S. The molecule has 1 heterocycles. The minimum atomic E-state index is -3.74. The lowest BCUT2D eigenvalue weighted by atomic mass is 10.2. The minimum Gasteiger partial charge on any atom is -0.452 e. The number of sulfonamides is 1. The van der Waals surface area contributed by atoms with Crippen LogP contribution in [0.1, 0.15) is 36.0 Å². The number of anilines is 2. The summed E-state index contributed by atoms with van der Waals surface area (Å²) in [7, 11) is -3.74. The van der Waals surface area contributed by atoms with Crippen molar-refractivity contribution in [1.29, 1.82) is 0 Å². The van der Waals surface area contributed by atoms with Gasteiger partial charge in [0.25, 0.3) is 5.91 Å². The van der Waals surface area contributed by atoms with Gasteiger partial charge in [0.1, 0.15) is 5.82 Å². The van der Waals surface area contributed by atoms with Crippen LogP contribution in [0.3, 0.4) is 0 Å². The highest BCUT2D eigenvalue weighted by Crippen LogP contribution is 2.28. The van der Waals surface area contributed by atoms with E-state index in [1.165, 1.54) is 22.5 Å². The Morgan fingerprint density at radius 3 is 2.44 bits per heavy atom. The van der Waals surface area contributed by atoms with E-state index in [9.17, 15) is 22.4 Å². The van der Waals surface area contributed by atoms with Crippen molar-refractivity contribution in [1.82, 2.24) is 4.31 Å². The van der Waals surface area contributed by atoms with E-state index in [4.69, 9.17) is 22.1 Å². The average Bonchev–Trinajstić information content (AvgIpc) is 3.04. The van der Waals surface area contributed by atoms with Crippen LogP contribution in [0.5, 0.6) is 0 Å². The number of nitrogens with one attached hydrogen (secondary N) is 1. The Balaban J connectivity index is 1.67. The molecule has 1 saturated heterocycles. The van der Waals surface area contributed by atoms with Crippen molar-refractivity contribution in [2.45, 2.75) is 30.6 Å². The van der Waals surface area contributed by atoms with E-state index in [2.05, 4.69) is 5.32 Å². The van der Waals surface area contributed by atoms with Crippen LogP contribution in [0, 0.1) is 5.82 Å². The topological polar surface area (TPSA) is 119 Å². The van der Waals surface area contributed by atoms with Crippen LogP contribution in [-0.4, -0.2) is 44.3 Å². The summed E-state index contributed by atoms with van der Waals surface area (Å²) in [6.07, 6.45) is 3.55. The number of hydrogen-bond acceptors (Lipinski definition) is 6. The van der Waals surface area contributed by atoms with E-state index in [1.807, 2.05) is 0 Å². The Morgan fingerprint density at radius 1 is 1.09 bits per heavy atom. The Kier molecular flexibility index (Phi) is 7.70. The molecule has 0 aliphatic carbocycles. The first-order valence-corrected chi connectivity index (χ1v) is 11.8. The normalized spacial score (nSPS) is 15.1. The molecule has 2 aromatic rings. The van der Waals surface area contributed by atoms with E-state index in [0.717, 1.165) is 43.9 Å². The van der Waals surface area contributed by atoms with Crippen LogP contribution in [0.4, 0.5) is 15.8 Å². The van der Waals surface area contributed by atoms with Crippen molar-refractivity contribution in [2.24, 2.45) is 0 Å². The standard InChI is InChI=1S/C21H23ClFN3O5S/c22-17-8-6-15(32(29,30)26-9-3-1-2-4-10-26)12-19(17)25-20(27)13-31-21(28)16-7-5-14(23)11-18(16)24/h5-8,11-12H,1-4,9-10,13,24H2,(H,25,27). The zero-order valence-electron chi connectivity index (χ0n) is 17.1. The number of nitrogen functional groups attached to an aromatic ring is 1. The molecule has 11 heteroatoms. The fraction of sp³-hybridized carbons (Fsp3) is 0.333. The summed E-state index contributed by atoms with van der Waals surface area (Å²) in [6, 6.07) is 7.21. The number of amides is 1. The smallest absolute Gasteiger partial charge is 0.340 e. The molecule has 0 saturated carbocycles. The molecule has 0 atom stereocenters. The second-order valence-electron chi connectivity index (χ2n) is 7.32. The lowest BCUT2D eigenvalue weighted by Gasteiger charge is -2.20. The van der Waals surface area contributed by atoms with Gasteiger partial charge in [0.15, 0.2) is 6.61 Å². The zero-order valence-corrected chi connectivity index (χ0v) is 18.7. The molecule has 8 nitrogen and oxygen atoms in total. The first-order chi connectivity index (χ1) is 15.2. The minimum absolute atomic E-state index is 0.00943. The average molecular weight is 484 g/mol. The number of rotatable bonds is 6. The van der Waals surface area contributed by atoms with E-state index in [1.54, 1.807) is 0 Å². The number of benzene rings is 2. The molecule has 2 aromatic carbocycles. The molecule has 3 rings (SSSR count). The van der Waals surface area contributed by atoms with E-state index in [-0.39, 0.29) is 26.9 Å². The maximum Gasteiger partial charge on any atom is 0.340 e. The number of carbonyl (C=O) groups is 2. The molecule has 1 amide bonds. The summed E-state index contributed by atoms with van der Waals surface area (Å²) in [5.74, 6) is -2.24. The van der Waals surface area contributed by atoms with Crippen molar-refractivity contribution in [3.05, 3.63) is 52.8 Å². The van der Waals surface area contributed by atoms with Gasteiger partial charge in [0.05, 0.1) is 21.2 Å². The van der Waals surface area contributed by atoms with Crippen molar-refractivity contribution in [3.63, 3.8) is 0 Å². The van der Waals surface area contributed by atoms with Crippen LogP contribution < -0.4 is 11.1 Å². The molecule has 1 aliphatic rings. The first kappa shape index (κ1) is 24.0. The zero-order chi connectivity index (χ0) is 23.3. The fourth-order valence-corrected chi connectivity index (χ4v) is 5.01. The summed E-state index contributed by atoms with van der Waals surface area (Å²) < 4.78 is 45.4. The summed E-state index contributed by atoms with van der Waals surface area (Å²) >= 11 is 6.11. The van der Waals surface area contributed by atoms with Gasteiger partial charge in [-0.1, -0.05) is 24.4 Å². The predicted octanol–water partition coefficient (Wildman–Crippen LogP) is 3.42. The van der Waals surface area contributed by atoms with Crippen molar-refractivity contribution < 1.29 is 27.1 Å². The maximum absolute atomic E-state index is 13.1. The van der Waals surface area contributed by atoms with Gasteiger partial charge < -0.3 is 15.8 Å². The van der Waals surface area contributed by atoms with Crippen LogP contribution in [0.2, 0.25) is 5.02 Å². The van der Waals surface area contributed by atoms with Crippen LogP contribution >= 0.6 is 11.6 Å². The molecule has 0 bridgehead atoms. The second-order valence-corrected chi connectivity index (χ2v) is 9.66. The van der Waals surface area contributed by atoms with E-state index >= 15 is 0 Å². The molecule has 3 N–H and O–H groups in total. The Bertz CT molecular complexity index is 1120. The van der Waals surface area contributed by atoms with E-state index < -0.39 is 34.3 Å². The van der Waals surface area contributed by atoms with Gasteiger partial charge in [-0.2, -0.15) is 4.31 Å². The molecule has 1 fully saturated rings. The molecule has 172 valence electrons. The highest BCUT2D eigenvalue weighted by atomic mass is 35.5. The fourth-order valence-electron chi connectivity index (χ4n) is 3.31. The second kappa shape index (κ2) is 10.3. The van der Waals surface area contributed by atoms with E-state index in [0.29, 0.717) is 13.1 Å². The molecule has 0 radical (unpaired) electrons. The third-order valence-corrected chi connectivity index (χ3v) is 7.21. The van der Waals surface area contributed by atoms with Crippen molar-refractivity contribution in [3.8, 4) is 0 Å². The Morgan fingerprint density at radius 2 is 1.78 bits per heavy atom. The summed E-state index contributed by atoms with van der Waals surface area (Å²) in [4.78, 5) is 24.3. The number of ether oxygens (including phenoxy) is 1. The third-order valence-electron chi connectivity index (χ3n) is 4.98. The molecular weight excluding hydrogens is 461 g/mol. The molecule has 0 spiro atoms. The maximum atomic E-state index is 13.1. The van der Waals surface area contributed by atoms with Gasteiger partial charge in [0.2, 0.25) is 10.0 Å². The number of hydrogen-bond donors (Lipinski definition) is 2. The Labute approximate surface area is 190 Å². The lowest BCUT2D eigenvalue weighted by molar-refractivity contribution is -0.119. The van der Waals surface area contributed by atoms with Crippen molar-refractivity contribution in [2.75, 3.05) is 30.7 Å². The number of nitrogens with zero attached hydrogens (tertiary/aromatic N) is 1. The lowest BCUT2D eigenvalue weighted by Crippen LogP contribution is -2.32. The monoisotopic (exact) mass is 483 g/mol. The van der Waals surface area contributed by atoms with Crippen molar-refractivity contribution >= 4 is 44.9 Å². The van der Waals surface area contributed by atoms with Gasteiger partial charge in [-0.15, -0.1) is 0 Å². The van der Waals surface area contributed by atoms with Gasteiger partial charge >= 0.3 is 5.97 Å². The molecule has 0 unspecified atom stereocenters. The van der Waals surface area contributed by atoms with Crippen LogP contribution in [0.25, 0.3) is 0 Å². The molecule has 32 heavy (non-hydrogen) atoms.